The third kappa shape index (κ3) is 145000. The standard InChI is InChI=1S/3H2O4S.H2Se/c3*1-5(2,3)4;/h3*(H2,1,2,3,4);1H2. The summed E-state index contributed by atoms with van der Waals surface area (Å²) in [6.45, 7) is 0. The Hall–Kier alpha value is 0.129. The summed E-state index contributed by atoms with van der Waals surface area (Å²) in [5, 5.41) is 0. The third-order valence-corrected chi connectivity index (χ3v) is 0. The van der Waals surface area contributed by atoms with Crippen LogP contribution < -0.4 is 0 Å². The van der Waals surface area contributed by atoms with E-state index >= 15 is 0 Å². The van der Waals surface area contributed by atoms with E-state index in [4.69, 9.17) is 52.6 Å². The van der Waals surface area contributed by atoms with Crippen LogP contribution in [-0.4, -0.2) is 69.6 Å². The molecule has 0 saturated heterocycles. The summed E-state index contributed by atoms with van der Waals surface area (Å²) in [6, 6.07) is 0. The predicted molar refractivity (Wildman–Crippen MR) is 51.1 cm³/mol. The predicted octanol–water partition coefficient (Wildman–Crippen LogP) is -2.87. The maximum absolute atomic E-state index is 8.74. The number of hydrogen-bond acceptors (Lipinski definition) is 6. The van der Waals surface area contributed by atoms with Gasteiger partial charge in [-0.25, -0.2) is 0 Å². The Bertz CT molecular complexity index is 337. The number of hydrogen-bond donors (Lipinski definition) is 6. The molecule has 104 valence electrons. The van der Waals surface area contributed by atoms with Gasteiger partial charge in [0.2, 0.25) is 0 Å². The second kappa shape index (κ2) is 9.19. The van der Waals surface area contributed by atoms with Gasteiger partial charge in [0.05, 0.1) is 0 Å². The molecule has 0 aromatic heterocycles. The monoisotopic (exact) mass is 376 g/mol. The van der Waals surface area contributed by atoms with Crippen molar-refractivity contribution in [2.75, 3.05) is 0 Å². The van der Waals surface area contributed by atoms with Gasteiger partial charge in [-0.15, -0.1) is 0 Å². The van der Waals surface area contributed by atoms with Gasteiger partial charge in [-0.3, -0.25) is 27.3 Å². The second-order valence-corrected chi connectivity index (χ2v) is 4.03. The molecule has 6 N–H and O–H groups in total. The van der Waals surface area contributed by atoms with Gasteiger partial charge in [0.25, 0.3) is 0 Å². The maximum atomic E-state index is 8.74. The fourth-order valence-corrected chi connectivity index (χ4v) is 0. The van der Waals surface area contributed by atoms with E-state index in [0.29, 0.717) is 0 Å². The topological polar surface area (TPSA) is 224 Å². The van der Waals surface area contributed by atoms with Crippen LogP contribution in [0.2, 0.25) is 0 Å². The van der Waals surface area contributed by atoms with Gasteiger partial charge in [-0.1, -0.05) is 0 Å². The molecule has 0 rings (SSSR count). The molecular formula is H8O12S3Se. The molecule has 12 nitrogen and oxygen atoms in total. The van der Waals surface area contributed by atoms with Crippen LogP contribution in [0.4, 0.5) is 0 Å². The quantitative estimate of drug-likeness (QED) is 0.185. The van der Waals surface area contributed by atoms with E-state index in [-0.39, 0.29) is 17.1 Å². The summed E-state index contributed by atoms with van der Waals surface area (Å²) in [5.74, 6) is 0. The summed E-state index contributed by atoms with van der Waals surface area (Å²) in [5.41, 5.74) is 0. The Balaban J connectivity index is -0.0000000655. The third-order valence-electron chi connectivity index (χ3n) is 0. The Kier molecular flexibility index (Phi) is 14.4. The summed E-state index contributed by atoms with van der Waals surface area (Å²) in [4.78, 5) is 0. The number of rotatable bonds is 0. The van der Waals surface area contributed by atoms with Gasteiger partial charge in [-0.2, -0.15) is 25.3 Å². The molecule has 0 aliphatic heterocycles. The first kappa shape index (κ1) is 25.1. The molecule has 0 aromatic carbocycles. The molecular weight excluding hydrogens is 367 g/mol. The van der Waals surface area contributed by atoms with Gasteiger partial charge >= 0.3 is 48.3 Å². The van der Waals surface area contributed by atoms with Crippen molar-refractivity contribution < 1.29 is 52.6 Å². The average molecular weight is 375 g/mol. The molecule has 0 radical (unpaired) electrons. The Morgan fingerprint density at radius 2 is 0.438 bits per heavy atom. The van der Waals surface area contributed by atoms with Crippen molar-refractivity contribution in [1.29, 1.82) is 0 Å². The van der Waals surface area contributed by atoms with Crippen LogP contribution >= 0.6 is 0 Å². The molecule has 0 aliphatic rings. The molecule has 0 spiro atoms. The van der Waals surface area contributed by atoms with Gasteiger partial charge in [0.1, 0.15) is 0 Å². The first-order valence-electron chi connectivity index (χ1n) is 2.10. The molecule has 0 bridgehead atoms. The average Bonchev–Trinajstić information content (AvgIpc) is 1.41. The van der Waals surface area contributed by atoms with Crippen LogP contribution in [0.25, 0.3) is 0 Å². The van der Waals surface area contributed by atoms with Crippen molar-refractivity contribution in [2.45, 2.75) is 0 Å². The first-order chi connectivity index (χ1) is 6.00. The van der Waals surface area contributed by atoms with Crippen molar-refractivity contribution in [3.63, 3.8) is 0 Å². The fraction of sp³-hybridized carbons (Fsp3) is 0. The van der Waals surface area contributed by atoms with Gasteiger partial charge in [0, 0.05) is 0 Å². The van der Waals surface area contributed by atoms with Crippen molar-refractivity contribution in [3.8, 4) is 0 Å². The zero-order chi connectivity index (χ0) is 13.5. The SMILES string of the molecule is O=S(=O)(O)O.O=S(=O)(O)O.O=S(=O)(O)O.[SeH2]. The van der Waals surface area contributed by atoms with Crippen LogP contribution in [0.15, 0.2) is 0 Å². The van der Waals surface area contributed by atoms with E-state index in [1.54, 1.807) is 0 Å². The van der Waals surface area contributed by atoms with Gasteiger partial charge in [0.15, 0.2) is 0 Å². The van der Waals surface area contributed by atoms with Gasteiger partial charge in [-0.05, 0) is 0 Å². The summed E-state index contributed by atoms with van der Waals surface area (Å²) < 4.78 is 94.8. The van der Waals surface area contributed by atoms with Crippen molar-refractivity contribution in [3.05, 3.63) is 0 Å². The molecule has 0 saturated carbocycles. The molecule has 0 amide bonds. The molecule has 0 aliphatic carbocycles. The molecule has 0 aromatic rings. The zero-order valence-corrected chi connectivity index (χ0v) is 11.4. The summed E-state index contributed by atoms with van der Waals surface area (Å²) in [6.07, 6.45) is 0. The second-order valence-electron chi connectivity index (χ2n) is 1.34. The van der Waals surface area contributed by atoms with Crippen LogP contribution in [0.1, 0.15) is 0 Å². The normalized spacial score (nSPS) is 10.9. The van der Waals surface area contributed by atoms with E-state index in [1.165, 1.54) is 0 Å². The summed E-state index contributed by atoms with van der Waals surface area (Å²) >= 11 is 0. The van der Waals surface area contributed by atoms with Crippen LogP contribution in [-0.2, 0) is 31.2 Å². The molecule has 16 heteroatoms. The van der Waals surface area contributed by atoms with E-state index in [1.807, 2.05) is 0 Å². The van der Waals surface area contributed by atoms with Crippen molar-refractivity contribution >= 4 is 48.3 Å². The minimum absolute atomic E-state index is 0. The Labute approximate surface area is 101 Å². The summed E-state index contributed by atoms with van der Waals surface area (Å²) in [7, 11) is -14.0. The minimum atomic E-state index is -4.67. The van der Waals surface area contributed by atoms with E-state index in [9.17, 15) is 0 Å². The van der Waals surface area contributed by atoms with Crippen LogP contribution in [0, 0.1) is 0 Å². The zero-order valence-electron chi connectivity index (χ0n) is 6.86. The molecule has 0 fully saturated rings. The van der Waals surface area contributed by atoms with E-state index in [0.717, 1.165) is 0 Å². The fourth-order valence-electron chi connectivity index (χ4n) is 0. The van der Waals surface area contributed by atoms with Crippen LogP contribution in [0.3, 0.4) is 0 Å². The van der Waals surface area contributed by atoms with Crippen molar-refractivity contribution in [1.82, 2.24) is 0 Å². The van der Waals surface area contributed by atoms with E-state index in [2.05, 4.69) is 0 Å². The Morgan fingerprint density at radius 1 is 0.438 bits per heavy atom. The van der Waals surface area contributed by atoms with E-state index < -0.39 is 31.2 Å². The molecule has 0 atom stereocenters. The molecule has 0 heterocycles. The van der Waals surface area contributed by atoms with Crippen molar-refractivity contribution in [2.24, 2.45) is 0 Å². The van der Waals surface area contributed by atoms with Crippen LogP contribution in [0.5, 0.6) is 0 Å². The molecule has 16 heavy (non-hydrogen) atoms. The molecule has 0 unspecified atom stereocenters. The Morgan fingerprint density at radius 3 is 0.438 bits per heavy atom. The van der Waals surface area contributed by atoms with Gasteiger partial charge < -0.3 is 0 Å². The first-order valence-corrected chi connectivity index (χ1v) is 6.29.